The molecule has 1 aromatic heterocycles. The number of nitrogens with one attached hydrogen (secondary N) is 1. The highest BCUT2D eigenvalue weighted by molar-refractivity contribution is 5.91. The average Bonchev–Trinajstić information content (AvgIpc) is 2.74. The van der Waals surface area contributed by atoms with E-state index in [1.807, 2.05) is 12.1 Å². The van der Waals surface area contributed by atoms with Crippen LogP contribution in [0.3, 0.4) is 0 Å². The van der Waals surface area contributed by atoms with Gasteiger partial charge in [0.2, 0.25) is 5.91 Å². The van der Waals surface area contributed by atoms with Crippen molar-refractivity contribution in [3.63, 3.8) is 0 Å². The summed E-state index contributed by atoms with van der Waals surface area (Å²) in [5.74, 6) is 3.17. The molecule has 0 spiro atoms. The Labute approximate surface area is 188 Å². The topological polar surface area (TPSA) is 58.1 Å². The van der Waals surface area contributed by atoms with Crippen LogP contribution >= 0.6 is 0 Å². The fraction of sp³-hybridized carbons (Fsp3) is 0.577. The number of hydrogen-bond donors (Lipinski definition) is 1. The molecular weight excluding hydrogens is 403 g/mol. The van der Waals surface area contributed by atoms with E-state index < -0.39 is 0 Å². The van der Waals surface area contributed by atoms with Crippen molar-refractivity contribution in [2.75, 3.05) is 11.9 Å². The van der Waals surface area contributed by atoms with Crippen molar-refractivity contribution < 1.29 is 9.18 Å². The Hall–Kier alpha value is -2.34. The molecule has 1 amide bonds. The van der Waals surface area contributed by atoms with E-state index in [9.17, 15) is 9.18 Å². The van der Waals surface area contributed by atoms with Gasteiger partial charge in [-0.1, -0.05) is 18.2 Å². The van der Waals surface area contributed by atoms with E-state index in [-0.39, 0.29) is 17.1 Å². The van der Waals surface area contributed by atoms with Crippen molar-refractivity contribution in [1.29, 1.82) is 0 Å². The van der Waals surface area contributed by atoms with Crippen LogP contribution < -0.4 is 5.32 Å². The highest BCUT2D eigenvalue weighted by atomic mass is 19.1. The molecule has 0 radical (unpaired) electrons. The third-order valence-corrected chi connectivity index (χ3v) is 8.40. The highest BCUT2D eigenvalue weighted by Gasteiger charge is 2.51. The van der Waals surface area contributed by atoms with Crippen LogP contribution in [0.2, 0.25) is 0 Å². The average molecular weight is 435 g/mol. The molecule has 4 fully saturated rings. The van der Waals surface area contributed by atoms with Crippen molar-refractivity contribution in [1.82, 2.24) is 14.9 Å². The van der Waals surface area contributed by atoms with Crippen molar-refractivity contribution in [2.24, 2.45) is 23.2 Å². The number of hydrogen-bond acceptors (Lipinski definition) is 4. The van der Waals surface area contributed by atoms with E-state index in [2.05, 4.69) is 20.2 Å². The number of carbonyl (C=O) groups excluding carboxylic acids is 1. The number of carbonyl (C=O) groups is 1. The third kappa shape index (κ3) is 3.83. The van der Waals surface area contributed by atoms with Crippen molar-refractivity contribution in [3.05, 3.63) is 53.2 Å². The van der Waals surface area contributed by atoms with Gasteiger partial charge in [-0.25, -0.2) is 14.4 Å². The van der Waals surface area contributed by atoms with Gasteiger partial charge in [-0.3, -0.25) is 9.69 Å². The van der Waals surface area contributed by atoms with Gasteiger partial charge >= 0.3 is 0 Å². The normalized spacial score (nSPS) is 30.8. The summed E-state index contributed by atoms with van der Waals surface area (Å²) < 4.78 is 14.1. The van der Waals surface area contributed by atoms with Crippen LogP contribution in [0.5, 0.6) is 0 Å². The highest BCUT2D eigenvalue weighted by Crippen LogP contribution is 2.61. The standard InChI is InChI=1S/C26H31FN4O/c27-22-4-2-1-3-20(22)14-31-6-5-21-23(15-31)28-16-29-25(21)30-24(32)13-26-10-17-7-18(11-26)9-19(8-17)12-26/h1-4,16-19H,5-15H2,(H,28,29,30,32). The first kappa shape index (κ1) is 20.3. The minimum Gasteiger partial charge on any atom is -0.310 e. The van der Waals surface area contributed by atoms with Crippen LogP contribution in [0.25, 0.3) is 0 Å². The second kappa shape index (κ2) is 7.91. The Morgan fingerprint density at radius 1 is 1.09 bits per heavy atom. The molecule has 1 aliphatic heterocycles. The Kier molecular flexibility index (Phi) is 5.01. The molecule has 0 atom stereocenters. The first-order chi connectivity index (χ1) is 15.6. The number of aromatic nitrogens is 2. The lowest BCUT2D eigenvalue weighted by Crippen LogP contribution is -2.47. The lowest BCUT2D eigenvalue weighted by molar-refractivity contribution is -0.124. The molecule has 6 heteroatoms. The molecule has 4 aliphatic carbocycles. The number of anilines is 1. The van der Waals surface area contributed by atoms with Gasteiger partial charge in [-0.2, -0.15) is 0 Å². The number of benzene rings is 1. The van der Waals surface area contributed by atoms with Gasteiger partial charge in [0, 0.05) is 37.2 Å². The number of amides is 1. The van der Waals surface area contributed by atoms with Gasteiger partial charge in [0.05, 0.1) is 5.69 Å². The van der Waals surface area contributed by atoms with E-state index in [0.717, 1.165) is 42.0 Å². The molecular formula is C26H31FN4O. The number of rotatable bonds is 5. The van der Waals surface area contributed by atoms with Crippen LogP contribution in [0.1, 0.15) is 61.8 Å². The fourth-order valence-electron chi connectivity index (χ4n) is 7.54. The zero-order valence-electron chi connectivity index (χ0n) is 18.5. The van der Waals surface area contributed by atoms with Crippen molar-refractivity contribution in [2.45, 2.75) is 64.5 Å². The molecule has 7 rings (SSSR count). The molecule has 2 heterocycles. The van der Waals surface area contributed by atoms with Crippen LogP contribution in [0.15, 0.2) is 30.6 Å². The largest absolute Gasteiger partial charge is 0.310 e. The zero-order valence-corrected chi connectivity index (χ0v) is 18.5. The van der Waals surface area contributed by atoms with Crippen LogP contribution in [-0.2, 0) is 24.3 Å². The van der Waals surface area contributed by atoms with Gasteiger partial charge in [0.1, 0.15) is 18.0 Å². The summed E-state index contributed by atoms with van der Waals surface area (Å²) in [6.45, 7) is 2.00. The summed E-state index contributed by atoms with van der Waals surface area (Å²) >= 11 is 0. The molecule has 5 aliphatic rings. The maximum Gasteiger partial charge on any atom is 0.226 e. The monoisotopic (exact) mass is 434 g/mol. The van der Waals surface area contributed by atoms with Gasteiger partial charge < -0.3 is 5.32 Å². The van der Waals surface area contributed by atoms with E-state index in [1.165, 1.54) is 44.6 Å². The maximum atomic E-state index is 14.1. The molecule has 4 bridgehead atoms. The quantitative estimate of drug-likeness (QED) is 0.740. The van der Waals surface area contributed by atoms with Crippen LogP contribution in [0.4, 0.5) is 10.2 Å². The minimum absolute atomic E-state index is 0.113. The summed E-state index contributed by atoms with van der Waals surface area (Å²) in [5, 5.41) is 3.15. The number of nitrogens with zero attached hydrogens (tertiary/aromatic N) is 3. The molecule has 1 aromatic carbocycles. The van der Waals surface area contributed by atoms with Gasteiger partial charge in [-0.15, -0.1) is 0 Å². The molecule has 5 nitrogen and oxygen atoms in total. The summed E-state index contributed by atoms with van der Waals surface area (Å²) in [6, 6.07) is 6.93. The number of halogens is 1. The fourth-order valence-corrected chi connectivity index (χ4v) is 7.54. The molecule has 4 saturated carbocycles. The molecule has 32 heavy (non-hydrogen) atoms. The smallest absolute Gasteiger partial charge is 0.226 e. The third-order valence-electron chi connectivity index (χ3n) is 8.40. The molecule has 0 saturated heterocycles. The summed E-state index contributed by atoms with van der Waals surface area (Å²) in [4.78, 5) is 24.2. The minimum atomic E-state index is -0.168. The molecule has 1 N–H and O–H groups in total. The molecule has 0 unspecified atom stereocenters. The lowest BCUT2D eigenvalue weighted by atomic mass is 9.49. The number of fused-ring (bicyclic) bond motifs is 1. The second-order valence-corrected chi connectivity index (χ2v) is 10.8. The maximum absolute atomic E-state index is 14.1. The summed E-state index contributed by atoms with van der Waals surface area (Å²) in [5.41, 5.74) is 2.90. The predicted molar refractivity (Wildman–Crippen MR) is 120 cm³/mol. The Morgan fingerprint density at radius 3 is 2.53 bits per heavy atom. The van der Waals surface area contributed by atoms with Gasteiger partial charge in [0.25, 0.3) is 0 Å². The summed E-state index contributed by atoms with van der Waals surface area (Å²) in [6.07, 6.45) is 10.8. The Morgan fingerprint density at radius 2 is 1.81 bits per heavy atom. The van der Waals surface area contributed by atoms with E-state index in [4.69, 9.17) is 0 Å². The van der Waals surface area contributed by atoms with Crippen molar-refractivity contribution in [3.8, 4) is 0 Å². The second-order valence-electron chi connectivity index (χ2n) is 10.8. The van der Waals surface area contributed by atoms with Gasteiger partial charge in [-0.05, 0) is 74.2 Å². The van der Waals surface area contributed by atoms with Crippen molar-refractivity contribution >= 4 is 11.7 Å². The first-order valence-corrected chi connectivity index (χ1v) is 12.1. The van der Waals surface area contributed by atoms with E-state index in [1.54, 1.807) is 12.4 Å². The lowest BCUT2D eigenvalue weighted by Gasteiger charge is -2.56. The van der Waals surface area contributed by atoms with E-state index >= 15 is 0 Å². The Bertz CT molecular complexity index is 1000. The molecule has 2 aromatic rings. The SMILES string of the molecule is O=C(CC12CC3CC(CC(C3)C1)C2)Nc1ncnc2c1CCN(Cc1ccccc1F)C2. The summed E-state index contributed by atoms with van der Waals surface area (Å²) in [7, 11) is 0. The van der Waals surface area contributed by atoms with E-state index in [0.29, 0.717) is 30.9 Å². The predicted octanol–water partition coefficient (Wildman–Crippen LogP) is 4.72. The zero-order chi connectivity index (χ0) is 21.7. The Balaban J connectivity index is 1.13. The van der Waals surface area contributed by atoms with Crippen LogP contribution in [0, 0.1) is 29.0 Å². The van der Waals surface area contributed by atoms with Gasteiger partial charge in [0.15, 0.2) is 0 Å². The molecule has 168 valence electrons. The van der Waals surface area contributed by atoms with Crippen LogP contribution in [-0.4, -0.2) is 27.3 Å². The first-order valence-electron chi connectivity index (χ1n) is 12.1.